The van der Waals surface area contributed by atoms with Crippen molar-refractivity contribution in [1.29, 1.82) is 0 Å². The van der Waals surface area contributed by atoms with Crippen LogP contribution in [0.1, 0.15) is 52.4 Å². The number of carbonyl (C=O) groups excluding carboxylic acids is 1. The lowest BCUT2D eigenvalue weighted by molar-refractivity contribution is -0.116. The van der Waals surface area contributed by atoms with Crippen LogP contribution >= 0.6 is 0 Å². The first-order valence-electron chi connectivity index (χ1n) is 8.79. The first-order chi connectivity index (χ1) is 11.4. The van der Waals surface area contributed by atoms with E-state index >= 15 is 0 Å². The number of hydrogen-bond donors (Lipinski definition) is 1. The standard InChI is InChI=1S/C18H28N2O3S/c1-15(2)10-11-18(21)19-16-8-7-9-17(14-16)24(22,23)20-12-5-3-4-6-13-20/h7-9,14-15H,3-6,10-13H2,1-2H3,(H,19,21). The van der Waals surface area contributed by atoms with Crippen molar-refractivity contribution >= 4 is 21.6 Å². The predicted molar refractivity (Wildman–Crippen MR) is 96.4 cm³/mol. The molecule has 24 heavy (non-hydrogen) atoms. The van der Waals surface area contributed by atoms with Crippen LogP contribution in [0.2, 0.25) is 0 Å². The summed E-state index contributed by atoms with van der Waals surface area (Å²) in [5.74, 6) is 0.388. The smallest absolute Gasteiger partial charge is 0.243 e. The van der Waals surface area contributed by atoms with E-state index in [9.17, 15) is 13.2 Å². The van der Waals surface area contributed by atoms with Crippen molar-refractivity contribution in [2.45, 2.75) is 57.3 Å². The van der Waals surface area contributed by atoms with Gasteiger partial charge in [-0.3, -0.25) is 4.79 Å². The average Bonchev–Trinajstić information content (AvgIpc) is 2.83. The molecular formula is C18H28N2O3S. The lowest BCUT2D eigenvalue weighted by Gasteiger charge is -2.20. The van der Waals surface area contributed by atoms with Gasteiger partial charge in [0.05, 0.1) is 4.90 Å². The number of amides is 1. The van der Waals surface area contributed by atoms with Gasteiger partial charge in [-0.2, -0.15) is 4.31 Å². The maximum absolute atomic E-state index is 12.8. The summed E-state index contributed by atoms with van der Waals surface area (Å²) in [6.07, 6.45) is 5.24. The number of carbonyl (C=O) groups is 1. The maximum atomic E-state index is 12.8. The molecule has 0 spiro atoms. The number of nitrogens with zero attached hydrogens (tertiary/aromatic N) is 1. The minimum Gasteiger partial charge on any atom is -0.326 e. The summed E-state index contributed by atoms with van der Waals surface area (Å²) in [6, 6.07) is 6.58. The van der Waals surface area contributed by atoms with Gasteiger partial charge in [0.2, 0.25) is 15.9 Å². The highest BCUT2D eigenvalue weighted by atomic mass is 32.2. The topological polar surface area (TPSA) is 66.5 Å². The van der Waals surface area contributed by atoms with Gasteiger partial charge >= 0.3 is 0 Å². The van der Waals surface area contributed by atoms with Crippen molar-refractivity contribution in [3.63, 3.8) is 0 Å². The van der Waals surface area contributed by atoms with Crippen molar-refractivity contribution in [3.05, 3.63) is 24.3 Å². The van der Waals surface area contributed by atoms with E-state index in [1.807, 2.05) is 0 Å². The maximum Gasteiger partial charge on any atom is 0.243 e. The Morgan fingerprint density at radius 3 is 2.46 bits per heavy atom. The van der Waals surface area contributed by atoms with Crippen molar-refractivity contribution in [3.8, 4) is 0 Å². The predicted octanol–water partition coefficient (Wildman–Crippen LogP) is 3.63. The van der Waals surface area contributed by atoms with Crippen LogP contribution in [0.15, 0.2) is 29.2 Å². The van der Waals surface area contributed by atoms with Gasteiger partial charge in [0, 0.05) is 25.2 Å². The summed E-state index contributed by atoms with van der Waals surface area (Å²) < 4.78 is 27.2. The highest BCUT2D eigenvalue weighted by Crippen LogP contribution is 2.22. The van der Waals surface area contributed by atoms with Crippen LogP contribution in [-0.2, 0) is 14.8 Å². The van der Waals surface area contributed by atoms with Gasteiger partial charge in [0.1, 0.15) is 0 Å². The highest BCUT2D eigenvalue weighted by molar-refractivity contribution is 7.89. The van der Waals surface area contributed by atoms with Crippen LogP contribution in [0, 0.1) is 5.92 Å². The molecule has 1 aliphatic rings. The van der Waals surface area contributed by atoms with Gasteiger partial charge < -0.3 is 5.32 Å². The van der Waals surface area contributed by atoms with Gasteiger partial charge in [-0.1, -0.05) is 32.8 Å². The molecule has 6 heteroatoms. The molecule has 0 radical (unpaired) electrons. The first-order valence-corrected chi connectivity index (χ1v) is 10.2. The monoisotopic (exact) mass is 352 g/mol. The van der Waals surface area contributed by atoms with Crippen LogP contribution in [-0.4, -0.2) is 31.7 Å². The van der Waals surface area contributed by atoms with Crippen molar-refractivity contribution in [2.75, 3.05) is 18.4 Å². The van der Waals surface area contributed by atoms with Crippen molar-refractivity contribution < 1.29 is 13.2 Å². The lowest BCUT2D eigenvalue weighted by Crippen LogP contribution is -2.32. The van der Waals surface area contributed by atoms with Gasteiger partial charge in [0.15, 0.2) is 0 Å². The van der Waals surface area contributed by atoms with E-state index in [1.54, 1.807) is 28.6 Å². The third kappa shape index (κ3) is 5.31. The minimum absolute atomic E-state index is 0.0759. The van der Waals surface area contributed by atoms with E-state index in [-0.39, 0.29) is 10.8 Å². The zero-order valence-electron chi connectivity index (χ0n) is 14.6. The molecule has 1 aromatic rings. The summed E-state index contributed by atoms with van der Waals surface area (Å²) in [7, 11) is -3.49. The van der Waals surface area contributed by atoms with Crippen LogP contribution < -0.4 is 5.32 Å². The van der Waals surface area contributed by atoms with Crippen LogP contribution in [0.4, 0.5) is 5.69 Å². The van der Waals surface area contributed by atoms with E-state index < -0.39 is 10.0 Å². The fraction of sp³-hybridized carbons (Fsp3) is 0.611. The average molecular weight is 353 g/mol. The molecule has 0 unspecified atom stereocenters. The van der Waals surface area contributed by atoms with Crippen LogP contribution in [0.5, 0.6) is 0 Å². The Balaban J connectivity index is 2.09. The second-order valence-electron chi connectivity index (χ2n) is 6.83. The molecule has 0 saturated carbocycles. The Kier molecular flexibility index (Phi) is 6.80. The molecule has 1 aromatic carbocycles. The largest absolute Gasteiger partial charge is 0.326 e. The second-order valence-corrected chi connectivity index (χ2v) is 8.76. The molecule has 2 rings (SSSR count). The Labute approximate surface area is 145 Å². The normalized spacial score (nSPS) is 16.8. The molecule has 0 bridgehead atoms. The quantitative estimate of drug-likeness (QED) is 0.850. The zero-order chi connectivity index (χ0) is 17.6. The summed E-state index contributed by atoms with van der Waals surface area (Å²) in [5.41, 5.74) is 0.541. The SMILES string of the molecule is CC(C)CCC(=O)Nc1cccc(S(=O)(=O)N2CCCCCC2)c1. The molecule has 1 N–H and O–H groups in total. The molecule has 5 nitrogen and oxygen atoms in total. The number of benzene rings is 1. The van der Waals surface area contributed by atoms with Gasteiger partial charge in [-0.25, -0.2) is 8.42 Å². The Bertz CT molecular complexity index is 648. The molecule has 1 saturated heterocycles. The van der Waals surface area contributed by atoms with Crippen molar-refractivity contribution in [1.82, 2.24) is 4.31 Å². The molecule has 0 aromatic heterocycles. The van der Waals surface area contributed by atoms with Gasteiger partial charge in [0.25, 0.3) is 0 Å². The van der Waals surface area contributed by atoms with Gasteiger partial charge in [-0.15, -0.1) is 0 Å². The van der Waals surface area contributed by atoms with Crippen molar-refractivity contribution in [2.24, 2.45) is 5.92 Å². The molecule has 134 valence electrons. The van der Waals surface area contributed by atoms with Crippen LogP contribution in [0.3, 0.4) is 0 Å². The third-order valence-corrected chi connectivity index (χ3v) is 6.16. The van der Waals surface area contributed by atoms with Crippen LogP contribution in [0.25, 0.3) is 0 Å². The van der Waals surface area contributed by atoms with E-state index in [4.69, 9.17) is 0 Å². The molecule has 1 heterocycles. The lowest BCUT2D eigenvalue weighted by atomic mass is 10.1. The Hall–Kier alpha value is -1.40. The molecule has 1 amide bonds. The number of sulfonamides is 1. The van der Waals surface area contributed by atoms with Gasteiger partial charge in [-0.05, 0) is 43.4 Å². The summed E-state index contributed by atoms with van der Waals surface area (Å²) in [5, 5.41) is 2.80. The molecule has 1 fully saturated rings. The molecule has 1 aliphatic heterocycles. The fourth-order valence-corrected chi connectivity index (χ4v) is 4.37. The molecular weight excluding hydrogens is 324 g/mol. The number of hydrogen-bond acceptors (Lipinski definition) is 3. The fourth-order valence-electron chi connectivity index (χ4n) is 2.81. The Morgan fingerprint density at radius 2 is 1.83 bits per heavy atom. The molecule has 0 atom stereocenters. The number of anilines is 1. The summed E-state index contributed by atoms with van der Waals surface area (Å²) in [6.45, 7) is 5.30. The summed E-state index contributed by atoms with van der Waals surface area (Å²) in [4.78, 5) is 12.2. The highest BCUT2D eigenvalue weighted by Gasteiger charge is 2.25. The van der Waals surface area contributed by atoms with E-state index in [0.717, 1.165) is 32.1 Å². The number of rotatable bonds is 6. The van der Waals surface area contributed by atoms with E-state index in [1.165, 1.54) is 0 Å². The first kappa shape index (κ1) is 18.9. The zero-order valence-corrected chi connectivity index (χ0v) is 15.4. The second kappa shape index (κ2) is 8.62. The van der Waals surface area contributed by atoms with E-state index in [2.05, 4.69) is 19.2 Å². The number of nitrogens with one attached hydrogen (secondary N) is 1. The van der Waals surface area contributed by atoms with E-state index in [0.29, 0.717) is 31.1 Å². The minimum atomic E-state index is -3.49. The molecule has 0 aliphatic carbocycles. The Morgan fingerprint density at radius 1 is 1.17 bits per heavy atom. The third-order valence-electron chi connectivity index (χ3n) is 4.27. The summed E-state index contributed by atoms with van der Waals surface area (Å²) >= 11 is 0.